The fraction of sp³-hybridized carbons (Fsp3) is 0.421. The molecule has 0 saturated heterocycles. The molecule has 26 heavy (non-hydrogen) atoms. The molecule has 1 fully saturated rings. The third kappa shape index (κ3) is 3.90. The van der Waals surface area contributed by atoms with E-state index in [2.05, 4.69) is 15.7 Å². The Bertz CT molecular complexity index is 779. The molecule has 7 heteroatoms. The van der Waals surface area contributed by atoms with Gasteiger partial charge in [-0.05, 0) is 30.5 Å². The molecule has 2 amide bonds. The number of aromatic nitrogens is 2. The van der Waals surface area contributed by atoms with Crippen LogP contribution >= 0.6 is 11.6 Å². The van der Waals surface area contributed by atoms with Crippen molar-refractivity contribution in [2.45, 2.75) is 44.1 Å². The van der Waals surface area contributed by atoms with Crippen molar-refractivity contribution < 1.29 is 9.59 Å². The minimum Gasteiger partial charge on any atom is -0.358 e. The van der Waals surface area contributed by atoms with Gasteiger partial charge in [0, 0.05) is 18.3 Å². The van der Waals surface area contributed by atoms with Crippen LogP contribution in [0.5, 0.6) is 0 Å². The van der Waals surface area contributed by atoms with Gasteiger partial charge in [0.05, 0.1) is 17.3 Å². The molecule has 2 aromatic rings. The lowest BCUT2D eigenvalue weighted by molar-refractivity contribution is -0.123. The van der Waals surface area contributed by atoms with Crippen LogP contribution in [0.3, 0.4) is 0 Å². The molecule has 1 aromatic carbocycles. The van der Waals surface area contributed by atoms with Gasteiger partial charge in [-0.2, -0.15) is 5.10 Å². The average molecular weight is 375 g/mol. The van der Waals surface area contributed by atoms with Crippen LogP contribution in [0, 0.1) is 0 Å². The van der Waals surface area contributed by atoms with Gasteiger partial charge in [-0.15, -0.1) is 0 Å². The molecule has 138 valence electrons. The number of carbonyl (C=O) groups excluding carboxylic acids is 2. The molecule has 1 heterocycles. The Morgan fingerprint density at radius 1 is 1.19 bits per heavy atom. The van der Waals surface area contributed by atoms with E-state index in [1.807, 2.05) is 24.3 Å². The maximum Gasteiger partial charge on any atom is 0.241 e. The number of amides is 2. The molecule has 3 rings (SSSR count). The van der Waals surface area contributed by atoms with E-state index in [1.165, 1.54) is 4.68 Å². The second-order valence-corrected chi connectivity index (χ2v) is 7.14. The van der Waals surface area contributed by atoms with Crippen molar-refractivity contribution in [3.05, 3.63) is 47.2 Å². The number of anilines is 1. The van der Waals surface area contributed by atoms with Crippen molar-refractivity contribution in [2.24, 2.45) is 0 Å². The highest BCUT2D eigenvalue weighted by Gasteiger charge is 2.41. The summed E-state index contributed by atoms with van der Waals surface area (Å²) in [4.78, 5) is 24.7. The van der Waals surface area contributed by atoms with E-state index in [4.69, 9.17) is 11.6 Å². The molecule has 0 unspecified atom stereocenters. The third-order valence-electron chi connectivity index (χ3n) is 5.01. The van der Waals surface area contributed by atoms with Crippen LogP contribution in [-0.2, 0) is 21.5 Å². The second kappa shape index (κ2) is 7.91. The maximum atomic E-state index is 13.2. The summed E-state index contributed by atoms with van der Waals surface area (Å²) in [7, 11) is 1.58. The number of hydrogen-bond acceptors (Lipinski definition) is 3. The zero-order valence-corrected chi connectivity index (χ0v) is 15.6. The molecular weight excluding hydrogens is 352 g/mol. The average Bonchev–Trinajstić information content (AvgIpc) is 3.09. The Hall–Kier alpha value is -2.34. The Kier molecular flexibility index (Phi) is 5.61. The van der Waals surface area contributed by atoms with Crippen LogP contribution in [0.1, 0.15) is 37.7 Å². The van der Waals surface area contributed by atoms with Crippen LogP contribution in [0.25, 0.3) is 0 Å². The second-order valence-electron chi connectivity index (χ2n) is 6.70. The highest BCUT2D eigenvalue weighted by atomic mass is 35.5. The first-order chi connectivity index (χ1) is 12.5. The van der Waals surface area contributed by atoms with Gasteiger partial charge in [-0.3, -0.25) is 14.3 Å². The number of likely N-dealkylation sites (N-methyl/N-ethyl adjacent to an activating group) is 1. The third-order valence-corrected chi connectivity index (χ3v) is 5.27. The van der Waals surface area contributed by atoms with Crippen LogP contribution in [0.2, 0.25) is 5.02 Å². The summed E-state index contributed by atoms with van der Waals surface area (Å²) in [6.45, 7) is 0.120. The van der Waals surface area contributed by atoms with E-state index in [0.717, 1.165) is 37.7 Å². The molecule has 0 atom stereocenters. The van der Waals surface area contributed by atoms with Crippen molar-refractivity contribution in [1.82, 2.24) is 15.1 Å². The standard InChI is InChI=1S/C19H23ClN4O2/c1-21-17(25)13-24-12-16(11-22-24)23-18(26)19(9-3-2-4-10-19)14-5-7-15(20)8-6-14/h5-8,11-12H,2-4,9-10,13H2,1H3,(H,21,25)(H,23,26). The molecule has 1 aromatic heterocycles. The van der Waals surface area contributed by atoms with E-state index in [9.17, 15) is 9.59 Å². The molecule has 2 N–H and O–H groups in total. The number of nitrogens with zero attached hydrogens (tertiary/aromatic N) is 2. The number of nitrogens with one attached hydrogen (secondary N) is 2. The summed E-state index contributed by atoms with van der Waals surface area (Å²) in [5, 5.41) is 10.3. The summed E-state index contributed by atoms with van der Waals surface area (Å²) < 4.78 is 1.50. The van der Waals surface area contributed by atoms with Gasteiger partial charge in [-0.1, -0.05) is 43.0 Å². The largest absolute Gasteiger partial charge is 0.358 e. The number of carbonyl (C=O) groups is 2. The number of rotatable bonds is 5. The number of halogens is 1. The van der Waals surface area contributed by atoms with Gasteiger partial charge in [0.15, 0.2) is 0 Å². The highest BCUT2D eigenvalue weighted by Crippen LogP contribution is 2.40. The Morgan fingerprint density at radius 3 is 2.54 bits per heavy atom. The maximum absolute atomic E-state index is 13.2. The van der Waals surface area contributed by atoms with Gasteiger partial charge in [0.2, 0.25) is 11.8 Å². The molecule has 1 aliphatic carbocycles. The molecule has 1 aliphatic rings. The first kappa shape index (κ1) is 18.5. The van der Waals surface area contributed by atoms with Gasteiger partial charge in [0.1, 0.15) is 6.54 Å². The lowest BCUT2D eigenvalue weighted by Crippen LogP contribution is -2.42. The number of benzene rings is 1. The van der Waals surface area contributed by atoms with Crippen molar-refractivity contribution in [1.29, 1.82) is 0 Å². The predicted molar refractivity (Wildman–Crippen MR) is 101 cm³/mol. The SMILES string of the molecule is CNC(=O)Cn1cc(NC(=O)C2(c3ccc(Cl)cc3)CCCCC2)cn1. The summed E-state index contributed by atoms with van der Waals surface area (Å²) in [6.07, 6.45) is 8.05. The van der Waals surface area contributed by atoms with Crippen molar-refractivity contribution in [3.8, 4) is 0 Å². The van der Waals surface area contributed by atoms with Crippen LogP contribution in [0.15, 0.2) is 36.7 Å². The van der Waals surface area contributed by atoms with Gasteiger partial charge in [0.25, 0.3) is 0 Å². The summed E-state index contributed by atoms with van der Waals surface area (Å²) in [5.41, 5.74) is 1.04. The molecule has 0 aliphatic heterocycles. The topological polar surface area (TPSA) is 76.0 Å². The zero-order chi connectivity index (χ0) is 18.6. The van der Waals surface area contributed by atoms with Crippen LogP contribution in [-0.4, -0.2) is 28.6 Å². The number of hydrogen-bond donors (Lipinski definition) is 2. The van der Waals surface area contributed by atoms with Crippen molar-refractivity contribution >= 4 is 29.1 Å². The molecule has 0 bridgehead atoms. The van der Waals surface area contributed by atoms with Crippen molar-refractivity contribution in [3.63, 3.8) is 0 Å². The van der Waals surface area contributed by atoms with Gasteiger partial charge >= 0.3 is 0 Å². The monoisotopic (exact) mass is 374 g/mol. The zero-order valence-electron chi connectivity index (χ0n) is 14.8. The fourth-order valence-corrected chi connectivity index (χ4v) is 3.69. The predicted octanol–water partition coefficient (Wildman–Crippen LogP) is 3.12. The Balaban J connectivity index is 1.80. The molecule has 6 nitrogen and oxygen atoms in total. The molecule has 0 radical (unpaired) electrons. The van der Waals surface area contributed by atoms with E-state index < -0.39 is 5.41 Å². The molecule has 1 saturated carbocycles. The molecule has 0 spiro atoms. The van der Waals surface area contributed by atoms with E-state index in [-0.39, 0.29) is 18.4 Å². The minimum absolute atomic E-state index is 0.0287. The van der Waals surface area contributed by atoms with E-state index in [1.54, 1.807) is 19.4 Å². The summed E-state index contributed by atoms with van der Waals surface area (Å²) in [6, 6.07) is 7.56. The lowest BCUT2D eigenvalue weighted by Gasteiger charge is -2.36. The quantitative estimate of drug-likeness (QED) is 0.844. The van der Waals surface area contributed by atoms with E-state index in [0.29, 0.717) is 10.7 Å². The van der Waals surface area contributed by atoms with Gasteiger partial charge in [-0.25, -0.2) is 0 Å². The highest BCUT2D eigenvalue weighted by molar-refractivity contribution is 6.30. The first-order valence-electron chi connectivity index (χ1n) is 8.84. The fourth-order valence-electron chi connectivity index (χ4n) is 3.56. The smallest absolute Gasteiger partial charge is 0.241 e. The Labute approximate surface area is 157 Å². The van der Waals surface area contributed by atoms with Crippen LogP contribution in [0.4, 0.5) is 5.69 Å². The van der Waals surface area contributed by atoms with Crippen molar-refractivity contribution in [2.75, 3.05) is 12.4 Å². The Morgan fingerprint density at radius 2 is 1.88 bits per heavy atom. The molecular formula is C19H23ClN4O2. The minimum atomic E-state index is -0.550. The summed E-state index contributed by atoms with van der Waals surface area (Å²) >= 11 is 6.02. The van der Waals surface area contributed by atoms with Crippen LogP contribution < -0.4 is 10.6 Å². The van der Waals surface area contributed by atoms with Gasteiger partial charge < -0.3 is 10.6 Å². The summed E-state index contributed by atoms with van der Waals surface area (Å²) in [5.74, 6) is -0.171. The first-order valence-corrected chi connectivity index (χ1v) is 9.22. The lowest BCUT2D eigenvalue weighted by atomic mass is 9.68. The van der Waals surface area contributed by atoms with E-state index >= 15 is 0 Å². The normalized spacial score (nSPS) is 16.1.